The van der Waals surface area contributed by atoms with Crippen molar-refractivity contribution in [3.8, 4) is 0 Å². The van der Waals surface area contributed by atoms with Crippen molar-refractivity contribution in [1.82, 2.24) is 0 Å². The van der Waals surface area contributed by atoms with Gasteiger partial charge < -0.3 is 0 Å². The second-order valence-electron chi connectivity index (χ2n) is 1.40. The van der Waals surface area contributed by atoms with E-state index in [0.29, 0.717) is 0 Å². The molecule has 0 aliphatic carbocycles. The van der Waals surface area contributed by atoms with Gasteiger partial charge in [0.05, 0.1) is 22.0 Å². The average Bonchev–Trinajstić information content (AvgIpc) is 1.71. The van der Waals surface area contributed by atoms with Gasteiger partial charge in [-0.05, 0) is 0 Å². The third kappa shape index (κ3) is 24.0. The van der Waals surface area contributed by atoms with Crippen LogP contribution < -0.4 is 0 Å². The van der Waals surface area contributed by atoms with Gasteiger partial charge in [0, 0.05) is 0 Å². The van der Waals surface area contributed by atoms with E-state index in [-0.39, 0.29) is 0 Å². The molecule has 0 aliphatic rings. The van der Waals surface area contributed by atoms with Crippen molar-refractivity contribution in [2.75, 3.05) is 0 Å². The monoisotopic (exact) mass is 423 g/mol. The second kappa shape index (κ2) is 16.1. The van der Waals surface area contributed by atoms with Crippen molar-refractivity contribution in [3.05, 3.63) is 0 Å². The molecule has 0 heterocycles. The average molecular weight is 422 g/mol. The zero-order valence-electron chi connectivity index (χ0n) is 5.21. The third-order valence-corrected chi connectivity index (χ3v) is 0.707. The Balaban J connectivity index is 0. The third-order valence-electron chi connectivity index (χ3n) is 0.707. The molecule has 0 bridgehead atoms. The molecule has 0 N–H and O–H groups in total. The quantitative estimate of drug-likeness (QED) is 0.450. The van der Waals surface area contributed by atoms with Crippen LogP contribution in [0.5, 0.6) is 0 Å². The first-order valence-electron chi connectivity index (χ1n) is 2.67. The number of rotatable bonds is 2. The summed E-state index contributed by atoms with van der Waals surface area (Å²) in [5.74, 6) is 0. The summed E-state index contributed by atoms with van der Waals surface area (Å²) in [7, 11) is 5.71. The van der Waals surface area contributed by atoms with Crippen LogP contribution in [0.25, 0.3) is 0 Å². The van der Waals surface area contributed by atoms with Crippen LogP contribution in [0.2, 0.25) is 6.32 Å². The first kappa shape index (κ1) is 12.9. The summed E-state index contributed by atoms with van der Waals surface area (Å²) in [6, 6.07) is 0. The molecule has 0 aromatic rings. The summed E-state index contributed by atoms with van der Waals surface area (Å²) in [5.41, 5.74) is 0. The number of hydrogen-bond acceptors (Lipinski definition) is 0. The molecule has 0 radical (unpaired) electrons. The zero-order chi connectivity index (χ0) is 6.83. The maximum absolute atomic E-state index is 2.35. The van der Waals surface area contributed by atoms with Gasteiger partial charge in [0.1, 0.15) is 0 Å². The molecule has 8 heavy (non-hydrogen) atoms. The normalized spacial score (nSPS) is 6.88. The van der Waals surface area contributed by atoms with Crippen molar-refractivity contribution in [3.63, 3.8) is 0 Å². The van der Waals surface area contributed by atoms with Gasteiger partial charge in [-0.1, -0.05) is 13.2 Å². The van der Waals surface area contributed by atoms with Gasteiger partial charge in [-0.25, -0.2) is 0 Å². The van der Waals surface area contributed by atoms with Gasteiger partial charge in [0.25, 0.3) is 0 Å². The van der Waals surface area contributed by atoms with Crippen LogP contribution in [0.3, 0.4) is 0 Å². The van der Waals surface area contributed by atoms with E-state index < -0.39 is 0 Å². The van der Waals surface area contributed by atoms with E-state index in [2.05, 4.69) is 54.2 Å². The van der Waals surface area contributed by atoms with E-state index in [1.54, 1.807) is 0 Å². The van der Waals surface area contributed by atoms with Crippen LogP contribution in [-0.4, -0.2) is 22.0 Å². The van der Waals surface area contributed by atoms with Crippen LogP contribution in [0.15, 0.2) is 0 Å². The summed E-state index contributed by atoms with van der Waals surface area (Å²) in [6.45, 7) is 2.21. The second-order valence-corrected chi connectivity index (χ2v) is 14.0. The Bertz CT molecular complexity index is 29.2. The number of hydrogen-bond donors (Lipinski definition) is 0. The van der Waals surface area contributed by atoms with E-state index in [4.69, 9.17) is 0 Å². The standard InChI is InChI=1S/C2H9B3.2HI.Rh/c1-2-4-5-3;;;/h4-5H,2-3H2,1H3;2*1H;/q;;;+2/p-2. The van der Waals surface area contributed by atoms with E-state index >= 15 is 0 Å². The fourth-order valence-electron chi connectivity index (χ4n) is 0.354. The van der Waals surface area contributed by atoms with Gasteiger partial charge in [0.2, 0.25) is 0 Å². The van der Waals surface area contributed by atoms with Crippen LogP contribution in [0.4, 0.5) is 0 Å². The molecular formula is C2H9B3I2Rh. The summed E-state index contributed by atoms with van der Waals surface area (Å²) < 4.78 is 0. The summed E-state index contributed by atoms with van der Waals surface area (Å²) in [5, 5.41) is 0. The minimum absolute atomic E-state index is 0.770. The van der Waals surface area contributed by atoms with Crippen LogP contribution in [0, 0.1) is 0 Å². The molecule has 0 aliphatic heterocycles. The van der Waals surface area contributed by atoms with Gasteiger partial charge >= 0.3 is 49.6 Å². The Morgan fingerprint density at radius 1 is 1.62 bits per heavy atom. The van der Waals surface area contributed by atoms with E-state index in [0.717, 1.165) is 10.1 Å². The fraction of sp³-hybridized carbons (Fsp3) is 1.00. The molecule has 0 unspecified atom stereocenters. The van der Waals surface area contributed by atoms with Crippen molar-refractivity contribution in [2.45, 2.75) is 13.2 Å². The molecule has 0 rings (SSSR count). The molecule has 0 aromatic carbocycles. The first-order chi connectivity index (χ1) is 3.83. The van der Waals surface area contributed by atoms with Crippen LogP contribution >= 0.6 is 39.5 Å². The van der Waals surface area contributed by atoms with Crippen LogP contribution in [0.1, 0.15) is 6.92 Å². The Labute approximate surface area is 83.5 Å². The van der Waals surface area contributed by atoms with Crippen molar-refractivity contribution >= 4 is 61.5 Å². The minimum atomic E-state index is 0.770. The maximum atomic E-state index is 2.35. The summed E-state index contributed by atoms with van der Waals surface area (Å²) in [4.78, 5) is 0. The molecule has 0 atom stereocenters. The molecule has 0 saturated carbocycles. The fourth-order valence-corrected chi connectivity index (χ4v) is 0.354. The van der Waals surface area contributed by atoms with Gasteiger partial charge in [-0.15, -0.1) is 0 Å². The molecular weight excluding hydrogens is 413 g/mol. The molecule has 0 spiro atoms. The van der Waals surface area contributed by atoms with E-state index in [1.165, 1.54) is 20.6 Å². The summed E-state index contributed by atoms with van der Waals surface area (Å²) >= 11 is 4.69. The number of halogens is 2. The predicted molar refractivity (Wildman–Crippen MR) is 61.4 cm³/mol. The van der Waals surface area contributed by atoms with E-state index in [9.17, 15) is 0 Å². The van der Waals surface area contributed by atoms with Crippen molar-refractivity contribution in [1.29, 1.82) is 0 Å². The molecule has 0 aromatic heterocycles. The Kier molecular flexibility index (Phi) is 26.0. The molecule has 0 nitrogen and oxygen atoms in total. The molecule has 0 fully saturated rings. The van der Waals surface area contributed by atoms with E-state index in [1.807, 2.05) is 0 Å². The Morgan fingerprint density at radius 3 is 2.00 bits per heavy atom. The predicted octanol–water partition coefficient (Wildman–Crippen LogP) is 0.530. The molecule has 49 valence electrons. The Morgan fingerprint density at radius 2 is 2.00 bits per heavy atom. The molecule has 6 heteroatoms. The SMILES string of the molecule is BBBCC.[I][Rh][I]. The zero-order valence-corrected chi connectivity index (χ0v) is 11.2. The topological polar surface area (TPSA) is 0 Å². The molecule has 0 amide bonds. The van der Waals surface area contributed by atoms with Gasteiger partial charge in [-0.3, -0.25) is 0 Å². The first-order valence-corrected chi connectivity index (χ1v) is 12.4. The van der Waals surface area contributed by atoms with Gasteiger partial charge in [0.15, 0.2) is 0 Å². The summed E-state index contributed by atoms with van der Waals surface area (Å²) in [6.07, 6.45) is 1.34. The molecule has 0 saturated heterocycles. The van der Waals surface area contributed by atoms with Crippen molar-refractivity contribution in [2.24, 2.45) is 0 Å². The Hall–Kier alpha value is 2.28. The van der Waals surface area contributed by atoms with Crippen LogP contribution in [-0.2, 0) is 10.1 Å². The van der Waals surface area contributed by atoms with Gasteiger partial charge in [-0.2, -0.15) is 0 Å². The van der Waals surface area contributed by atoms with Crippen molar-refractivity contribution < 1.29 is 10.1 Å².